The smallest absolute Gasteiger partial charge is 0.256 e. The van der Waals surface area contributed by atoms with Crippen LogP contribution in [-0.2, 0) is 6.42 Å². The number of carbonyl (C=O) groups is 1. The van der Waals surface area contributed by atoms with Crippen molar-refractivity contribution < 1.29 is 4.79 Å². The van der Waals surface area contributed by atoms with Crippen LogP contribution in [0.4, 0.5) is 0 Å². The minimum Gasteiger partial charge on any atom is -0.348 e. The molecule has 0 spiro atoms. The monoisotopic (exact) mass is 319 g/mol. The molecule has 0 aromatic carbocycles. The van der Waals surface area contributed by atoms with Gasteiger partial charge in [0.1, 0.15) is 6.04 Å². The number of pyridine rings is 2. The summed E-state index contributed by atoms with van der Waals surface area (Å²) in [5.41, 5.74) is 4.23. The van der Waals surface area contributed by atoms with E-state index in [1.807, 2.05) is 42.2 Å². The molecule has 3 aromatic rings. The van der Waals surface area contributed by atoms with E-state index in [0.29, 0.717) is 12.1 Å². The van der Waals surface area contributed by atoms with Crippen molar-refractivity contribution in [1.82, 2.24) is 24.8 Å². The fraction of sp³-hybridized carbons (Fsp3) is 0.222. The quantitative estimate of drug-likeness (QED) is 0.786. The van der Waals surface area contributed by atoms with Crippen molar-refractivity contribution in [2.24, 2.45) is 0 Å². The maximum absolute atomic E-state index is 13.0. The van der Waals surface area contributed by atoms with E-state index >= 15 is 0 Å². The molecule has 6 heteroatoms. The van der Waals surface area contributed by atoms with Gasteiger partial charge in [-0.1, -0.05) is 6.07 Å². The summed E-state index contributed by atoms with van der Waals surface area (Å²) >= 11 is 0. The van der Waals surface area contributed by atoms with Crippen LogP contribution in [0.2, 0.25) is 0 Å². The zero-order valence-electron chi connectivity index (χ0n) is 13.3. The molecule has 1 unspecified atom stereocenters. The van der Waals surface area contributed by atoms with Crippen LogP contribution in [0.1, 0.15) is 39.2 Å². The number of hydrogen-bond acceptors (Lipinski definition) is 4. The lowest BCUT2D eigenvalue weighted by Crippen LogP contribution is -2.41. The molecule has 4 heterocycles. The van der Waals surface area contributed by atoms with Crippen molar-refractivity contribution in [3.05, 3.63) is 77.4 Å². The van der Waals surface area contributed by atoms with E-state index in [9.17, 15) is 4.79 Å². The normalized spacial score (nSPS) is 16.7. The fourth-order valence-electron chi connectivity index (χ4n) is 3.09. The first kappa shape index (κ1) is 14.6. The van der Waals surface area contributed by atoms with Crippen LogP contribution in [0.3, 0.4) is 0 Å². The summed E-state index contributed by atoms with van der Waals surface area (Å²) in [5.74, 6) is -0.0493. The van der Waals surface area contributed by atoms with Crippen LogP contribution in [-0.4, -0.2) is 37.3 Å². The average molecular weight is 319 g/mol. The fourth-order valence-corrected chi connectivity index (χ4v) is 3.09. The summed E-state index contributed by atoms with van der Waals surface area (Å²) < 4.78 is 0. The number of aryl methyl sites for hydroxylation is 1. The number of rotatable bonds is 2. The van der Waals surface area contributed by atoms with E-state index in [-0.39, 0.29) is 11.9 Å². The van der Waals surface area contributed by atoms with Crippen molar-refractivity contribution in [3.63, 3.8) is 0 Å². The van der Waals surface area contributed by atoms with Gasteiger partial charge in [0, 0.05) is 36.7 Å². The predicted molar refractivity (Wildman–Crippen MR) is 88.4 cm³/mol. The first-order valence-electron chi connectivity index (χ1n) is 7.91. The Morgan fingerprint density at radius 3 is 2.88 bits per heavy atom. The first-order chi connectivity index (χ1) is 11.7. The molecule has 1 aliphatic heterocycles. The zero-order chi connectivity index (χ0) is 16.5. The van der Waals surface area contributed by atoms with E-state index in [2.05, 4.69) is 19.9 Å². The predicted octanol–water partition coefficient (Wildman–Crippen LogP) is 2.30. The maximum Gasteiger partial charge on any atom is 0.256 e. The largest absolute Gasteiger partial charge is 0.348 e. The number of amides is 1. The highest BCUT2D eigenvalue weighted by molar-refractivity contribution is 5.94. The first-order valence-corrected chi connectivity index (χ1v) is 7.91. The minimum absolute atomic E-state index is 0.0493. The van der Waals surface area contributed by atoms with Gasteiger partial charge in [-0.15, -0.1) is 0 Å². The second-order valence-corrected chi connectivity index (χ2v) is 5.86. The summed E-state index contributed by atoms with van der Waals surface area (Å²) in [7, 11) is 0. The molecule has 120 valence electrons. The third-order valence-corrected chi connectivity index (χ3v) is 4.31. The van der Waals surface area contributed by atoms with Crippen molar-refractivity contribution in [2.75, 3.05) is 6.54 Å². The van der Waals surface area contributed by atoms with E-state index in [1.54, 1.807) is 18.7 Å². The number of fused-ring (bicyclic) bond motifs is 1. The SMILES string of the molecule is Cc1ccc(C(=O)N2CCc3[nH]cnc3C2c2ccccn2)cn1. The summed E-state index contributed by atoms with van der Waals surface area (Å²) in [6.07, 6.45) is 5.81. The van der Waals surface area contributed by atoms with Gasteiger partial charge >= 0.3 is 0 Å². The lowest BCUT2D eigenvalue weighted by atomic mass is 9.98. The molecule has 0 saturated carbocycles. The van der Waals surface area contributed by atoms with Crippen molar-refractivity contribution in [1.29, 1.82) is 0 Å². The topological polar surface area (TPSA) is 74.8 Å². The van der Waals surface area contributed by atoms with Crippen LogP contribution in [0.15, 0.2) is 49.1 Å². The number of carbonyl (C=O) groups excluding carboxylic acids is 1. The van der Waals surface area contributed by atoms with Crippen molar-refractivity contribution in [3.8, 4) is 0 Å². The summed E-state index contributed by atoms with van der Waals surface area (Å²) in [6, 6.07) is 9.12. The molecule has 1 amide bonds. The molecule has 24 heavy (non-hydrogen) atoms. The van der Waals surface area contributed by atoms with E-state index in [0.717, 1.165) is 29.2 Å². The summed E-state index contributed by atoms with van der Waals surface area (Å²) in [5, 5.41) is 0. The molecule has 0 fully saturated rings. The van der Waals surface area contributed by atoms with Gasteiger partial charge in [-0.25, -0.2) is 4.98 Å². The highest BCUT2D eigenvalue weighted by Crippen LogP contribution is 2.33. The Morgan fingerprint density at radius 1 is 1.21 bits per heavy atom. The van der Waals surface area contributed by atoms with Crippen LogP contribution in [0.25, 0.3) is 0 Å². The standard InChI is InChI=1S/C18H17N5O/c1-12-5-6-13(10-20-12)18(24)23-9-7-14-16(22-11-21-14)17(23)15-4-2-3-8-19-15/h2-6,8,10-11,17H,7,9H2,1H3,(H,21,22). The molecule has 1 atom stereocenters. The highest BCUT2D eigenvalue weighted by Gasteiger charge is 2.35. The highest BCUT2D eigenvalue weighted by atomic mass is 16.2. The molecule has 0 radical (unpaired) electrons. The average Bonchev–Trinajstić information content (AvgIpc) is 3.10. The lowest BCUT2D eigenvalue weighted by Gasteiger charge is -2.34. The van der Waals surface area contributed by atoms with Gasteiger partial charge < -0.3 is 9.88 Å². The van der Waals surface area contributed by atoms with E-state index in [4.69, 9.17) is 0 Å². The van der Waals surface area contributed by atoms with Gasteiger partial charge in [-0.05, 0) is 31.2 Å². The minimum atomic E-state index is -0.282. The maximum atomic E-state index is 13.0. The molecular weight excluding hydrogens is 302 g/mol. The van der Waals surface area contributed by atoms with Gasteiger partial charge in [-0.3, -0.25) is 14.8 Å². The third kappa shape index (κ3) is 2.46. The second-order valence-electron chi connectivity index (χ2n) is 5.86. The van der Waals surface area contributed by atoms with Crippen LogP contribution in [0.5, 0.6) is 0 Å². The molecule has 4 rings (SSSR count). The van der Waals surface area contributed by atoms with Gasteiger partial charge in [0.2, 0.25) is 0 Å². The molecule has 1 aliphatic rings. The Kier molecular flexibility index (Phi) is 3.57. The van der Waals surface area contributed by atoms with Crippen molar-refractivity contribution >= 4 is 5.91 Å². The van der Waals surface area contributed by atoms with Crippen LogP contribution >= 0.6 is 0 Å². The molecular formula is C18H17N5O. The van der Waals surface area contributed by atoms with E-state index < -0.39 is 0 Å². The Hall–Kier alpha value is -3.02. The number of nitrogens with one attached hydrogen (secondary N) is 1. The Balaban J connectivity index is 1.76. The van der Waals surface area contributed by atoms with Crippen LogP contribution in [0, 0.1) is 6.92 Å². The third-order valence-electron chi connectivity index (χ3n) is 4.31. The molecule has 0 aliphatic carbocycles. The molecule has 0 bridgehead atoms. The zero-order valence-corrected chi connectivity index (χ0v) is 13.3. The number of H-pyrrole nitrogens is 1. The Labute approximate surface area is 139 Å². The molecule has 3 aromatic heterocycles. The number of imidazole rings is 1. The van der Waals surface area contributed by atoms with Gasteiger partial charge in [0.25, 0.3) is 5.91 Å². The Bertz CT molecular complexity index is 857. The number of aromatic amines is 1. The number of aromatic nitrogens is 4. The van der Waals surface area contributed by atoms with E-state index in [1.165, 1.54) is 0 Å². The van der Waals surface area contributed by atoms with Gasteiger partial charge in [-0.2, -0.15) is 0 Å². The van der Waals surface area contributed by atoms with Gasteiger partial charge in [0.05, 0.1) is 23.3 Å². The second kappa shape index (κ2) is 5.88. The lowest BCUT2D eigenvalue weighted by molar-refractivity contribution is 0.0687. The number of nitrogens with zero attached hydrogens (tertiary/aromatic N) is 4. The summed E-state index contributed by atoms with van der Waals surface area (Å²) in [6.45, 7) is 2.52. The van der Waals surface area contributed by atoms with Crippen LogP contribution < -0.4 is 0 Å². The number of hydrogen-bond donors (Lipinski definition) is 1. The summed E-state index contributed by atoms with van der Waals surface area (Å²) in [4.78, 5) is 31.2. The molecule has 1 N–H and O–H groups in total. The van der Waals surface area contributed by atoms with Crippen molar-refractivity contribution in [2.45, 2.75) is 19.4 Å². The van der Waals surface area contributed by atoms with Gasteiger partial charge in [0.15, 0.2) is 0 Å². The molecule has 6 nitrogen and oxygen atoms in total. The molecule has 0 saturated heterocycles. The Morgan fingerprint density at radius 2 is 2.12 bits per heavy atom.